The molecule has 3 unspecified atom stereocenters. The number of hydrogen-bond donors (Lipinski definition) is 2. The summed E-state index contributed by atoms with van der Waals surface area (Å²) in [7, 11) is 6.33. The van der Waals surface area contributed by atoms with E-state index < -0.39 is 30.6 Å². The maximum absolute atomic E-state index is 14.0. The Hall–Kier alpha value is -6.59. The van der Waals surface area contributed by atoms with Crippen LogP contribution in [0.25, 0.3) is 11.1 Å². The summed E-state index contributed by atoms with van der Waals surface area (Å²) >= 11 is 0. The standard InChI is InChI=1S/C47H58N6O11.2C2H6/c1-7-21-63-47(58)53(45(64-43-15-9-11-22-62-43)36-13-8-10-20-52(36)30-54)37-27-41(40(59-5)24-31(37)2)61-23-12-14-42(55)48-35-26-38(51(4)29-35)44(56)49-34-18-16-32(17-19-34)33-25-39(46(57)60-6)50(3)28-33;2*1-2/h7,16-19,24-30,36,43,45H,1,8-15,20-23H2,2-6H3,(H,48,55)(H,49,56);2*1-2H3. The first-order chi connectivity index (χ1) is 32.9. The fourth-order valence-electron chi connectivity index (χ4n) is 7.90. The van der Waals surface area contributed by atoms with E-state index in [1.807, 2.05) is 52.9 Å². The van der Waals surface area contributed by atoms with Gasteiger partial charge in [-0.3, -0.25) is 14.4 Å². The zero-order valence-electron chi connectivity index (χ0n) is 41.1. The van der Waals surface area contributed by atoms with Crippen LogP contribution in [-0.2, 0) is 42.6 Å². The lowest BCUT2D eigenvalue weighted by atomic mass is 9.99. The normalized spacial score (nSPS) is 15.8. The number of nitrogens with one attached hydrogen (secondary N) is 2. The number of ether oxygens (including phenoxy) is 6. The highest BCUT2D eigenvalue weighted by Crippen LogP contribution is 2.39. The Morgan fingerprint density at radius 3 is 2.25 bits per heavy atom. The van der Waals surface area contributed by atoms with E-state index in [2.05, 4.69) is 17.2 Å². The second kappa shape index (κ2) is 27.3. The van der Waals surface area contributed by atoms with Gasteiger partial charge in [-0.05, 0) is 93.3 Å². The van der Waals surface area contributed by atoms with E-state index in [4.69, 9.17) is 28.4 Å². The van der Waals surface area contributed by atoms with Gasteiger partial charge in [-0.2, -0.15) is 0 Å². The molecule has 2 aliphatic rings. The molecule has 2 aliphatic heterocycles. The fourth-order valence-corrected chi connectivity index (χ4v) is 7.90. The van der Waals surface area contributed by atoms with Gasteiger partial charge in [0.15, 0.2) is 24.0 Å². The Morgan fingerprint density at radius 2 is 1.59 bits per heavy atom. The minimum atomic E-state index is -0.948. The van der Waals surface area contributed by atoms with Gasteiger partial charge in [-0.25, -0.2) is 14.5 Å². The van der Waals surface area contributed by atoms with E-state index in [0.29, 0.717) is 77.9 Å². The summed E-state index contributed by atoms with van der Waals surface area (Å²) in [5.74, 6) is -0.330. The quantitative estimate of drug-likeness (QED) is 0.0301. The maximum Gasteiger partial charge on any atom is 0.416 e. The van der Waals surface area contributed by atoms with Gasteiger partial charge in [0.1, 0.15) is 18.0 Å². The van der Waals surface area contributed by atoms with Crippen LogP contribution in [0.1, 0.15) is 106 Å². The predicted molar refractivity (Wildman–Crippen MR) is 262 cm³/mol. The molecular weight excluding hydrogens is 873 g/mol. The number of aryl methyl sites for hydroxylation is 3. The molecule has 17 heteroatoms. The number of nitrogens with zero attached hydrogens (tertiary/aromatic N) is 4. The van der Waals surface area contributed by atoms with Crippen molar-refractivity contribution in [1.29, 1.82) is 0 Å². The van der Waals surface area contributed by atoms with Gasteiger partial charge in [0.05, 0.1) is 38.2 Å². The Labute approximate surface area is 400 Å². The van der Waals surface area contributed by atoms with Crippen LogP contribution in [0.5, 0.6) is 11.5 Å². The van der Waals surface area contributed by atoms with E-state index >= 15 is 0 Å². The average Bonchev–Trinajstić information content (AvgIpc) is 3.95. The zero-order chi connectivity index (χ0) is 49.8. The largest absolute Gasteiger partial charge is 0.493 e. The lowest BCUT2D eigenvalue weighted by Gasteiger charge is -2.44. The number of aromatic nitrogens is 2. The highest BCUT2D eigenvalue weighted by Gasteiger charge is 2.41. The molecule has 370 valence electrons. The third-order valence-electron chi connectivity index (χ3n) is 11.2. The number of hydrogen-bond acceptors (Lipinski definition) is 11. The Kier molecular flexibility index (Phi) is 21.7. The van der Waals surface area contributed by atoms with Crippen molar-refractivity contribution in [3.8, 4) is 22.6 Å². The molecule has 4 aromatic rings. The van der Waals surface area contributed by atoms with Crippen LogP contribution in [0.15, 0.2) is 73.6 Å². The van der Waals surface area contributed by atoms with Crippen LogP contribution >= 0.6 is 0 Å². The Bertz CT molecular complexity index is 2280. The summed E-state index contributed by atoms with van der Waals surface area (Å²) in [4.78, 5) is 67.9. The lowest BCUT2D eigenvalue weighted by molar-refractivity contribution is -0.201. The SMILES string of the molecule is C=CCOC(=O)N(c1cc(OCCCC(=O)Nc2cc(C(=O)Nc3ccc(-c4cc(C(=O)OC)n(C)c4)cc3)n(C)c2)c(OC)cc1C)C(OC1CCCCO1)C1CCCCN1C=O.CC.CC. The molecule has 6 rings (SSSR count). The van der Waals surface area contributed by atoms with Crippen molar-refractivity contribution in [3.63, 3.8) is 0 Å². The molecule has 2 aromatic carbocycles. The topological polar surface area (TPSA) is 181 Å². The van der Waals surface area contributed by atoms with Crippen LogP contribution in [0, 0.1) is 6.92 Å². The number of carbonyl (C=O) groups excluding carboxylic acids is 5. The number of piperidine rings is 1. The van der Waals surface area contributed by atoms with E-state index in [9.17, 15) is 24.0 Å². The summed E-state index contributed by atoms with van der Waals surface area (Å²) in [6, 6.07) is 13.5. The van der Waals surface area contributed by atoms with Crippen LogP contribution in [0.4, 0.5) is 21.9 Å². The molecular formula is C51H70N6O11. The molecule has 4 heterocycles. The number of amides is 4. The number of benzene rings is 2. The molecule has 68 heavy (non-hydrogen) atoms. The predicted octanol–water partition coefficient (Wildman–Crippen LogP) is 9.25. The molecule has 0 spiro atoms. The number of carbonyl (C=O) groups is 5. The summed E-state index contributed by atoms with van der Waals surface area (Å²) in [6.45, 7) is 14.7. The van der Waals surface area contributed by atoms with Gasteiger partial charge in [0, 0.05) is 63.4 Å². The van der Waals surface area contributed by atoms with Gasteiger partial charge >= 0.3 is 12.1 Å². The monoisotopic (exact) mass is 943 g/mol. The number of likely N-dealkylation sites (tertiary alicyclic amines) is 1. The van der Waals surface area contributed by atoms with Gasteiger partial charge in [-0.15, -0.1) is 0 Å². The molecule has 17 nitrogen and oxygen atoms in total. The van der Waals surface area contributed by atoms with Gasteiger partial charge in [0.25, 0.3) is 5.91 Å². The van der Waals surface area contributed by atoms with E-state index in [0.717, 1.165) is 43.2 Å². The zero-order valence-corrected chi connectivity index (χ0v) is 41.1. The van der Waals surface area contributed by atoms with Gasteiger partial charge < -0.3 is 53.1 Å². The van der Waals surface area contributed by atoms with E-state index in [1.54, 1.807) is 70.7 Å². The third kappa shape index (κ3) is 14.2. The molecule has 0 radical (unpaired) electrons. The van der Waals surface area contributed by atoms with Crippen molar-refractivity contribution in [2.24, 2.45) is 14.1 Å². The molecule has 2 aromatic heterocycles. The number of methoxy groups -OCH3 is 2. The highest BCUT2D eigenvalue weighted by molar-refractivity contribution is 6.04. The molecule has 2 fully saturated rings. The van der Waals surface area contributed by atoms with E-state index in [-0.39, 0.29) is 31.4 Å². The maximum atomic E-state index is 14.0. The summed E-state index contributed by atoms with van der Waals surface area (Å²) in [6.07, 6.45) is 8.70. The summed E-state index contributed by atoms with van der Waals surface area (Å²) < 4.78 is 38.3. The smallest absolute Gasteiger partial charge is 0.416 e. The van der Waals surface area contributed by atoms with Gasteiger partial charge in [0.2, 0.25) is 12.3 Å². The van der Waals surface area contributed by atoms with Crippen LogP contribution < -0.4 is 25.0 Å². The summed E-state index contributed by atoms with van der Waals surface area (Å²) in [5.41, 5.74) is 4.56. The Morgan fingerprint density at radius 1 is 0.868 bits per heavy atom. The van der Waals surface area contributed by atoms with Crippen molar-refractivity contribution in [2.45, 2.75) is 105 Å². The molecule has 0 bridgehead atoms. The second-order valence-electron chi connectivity index (χ2n) is 15.7. The Balaban J connectivity index is 0.00000245. The lowest BCUT2D eigenvalue weighted by Crippen LogP contribution is -2.58. The molecule has 2 N–H and O–H groups in total. The van der Waals surface area contributed by atoms with Crippen molar-refractivity contribution in [1.82, 2.24) is 14.0 Å². The summed E-state index contributed by atoms with van der Waals surface area (Å²) in [5, 5.41) is 5.75. The first kappa shape index (κ1) is 54.0. The van der Waals surface area contributed by atoms with Crippen LogP contribution in [0.2, 0.25) is 0 Å². The van der Waals surface area contributed by atoms with Crippen molar-refractivity contribution < 1.29 is 52.4 Å². The second-order valence-corrected chi connectivity index (χ2v) is 15.7. The van der Waals surface area contributed by atoms with Gasteiger partial charge in [-0.1, -0.05) is 52.5 Å². The van der Waals surface area contributed by atoms with Crippen molar-refractivity contribution in [2.75, 3.05) is 56.1 Å². The molecule has 3 atom stereocenters. The first-order valence-electron chi connectivity index (χ1n) is 23.4. The number of anilines is 3. The number of esters is 1. The van der Waals surface area contributed by atoms with Crippen molar-refractivity contribution in [3.05, 3.63) is 90.5 Å². The molecule has 4 amide bonds. The molecule has 2 saturated heterocycles. The minimum absolute atomic E-state index is 0.0462. The van der Waals surface area contributed by atoms with Crippen LogP contribution in [-0.4, -0.2) is 103 Å². The average molecular weight is 943 g/mol. The molecule has 0 saturated carbocycles. The van der Waals surface area contributed by atoms with Crippen molar-refractivity contribution >= 4 is 47.3 Å². The fraction of sp³-hybridized carbons (Fsp3) is 0.471. The molecule has 0 aliphatic carbocycles. The minimum Gasteiger partial charge on any atom is -0.493 e. The first-order valence-corrected chi connectivity index (χ1v) is 23.4. The van der Waals surface area contributed by atoms with E-state index in [1.165, 1.54) is 25.2 Å². The third-order valence-corrected chi connectivity index (χ3v) is 11.2. The highest BCUT2D eigenvalue weighted by atomic mass is 16.7. The number of rotatable bonds is 19. The van der Waals surface area contributed by atoms with Crippen LogP contribution in [0.3, 0.4) is 0 Å².